The van der Waals surface area contributed by atoms with Gasteiger partial charge >= 0.3 is 0 Å². The van der Waals surface area contributed by atoms with Gasteiger partial charge in [-0.25, -0.2) is 0 Å². The molecule has 1 aromatic carbocycles. The molecule has 0 bridgehead atoms. The van der Waals surface area contributed by atoms with Crippen molar-refractivity contribution >= 4 is 35.6 Å². The average Bonchev–Trinajstić information content (AvgIpc) is 2.91. The molecule has 2 heterocycles. The van der Waals surface area contributed by atoms with Crippen LogP contribution in [0.15, 0.2) is 18.2 Å². The van der Waals surface area contributed by atoms with E-state index in [1.807, 2.05) is 6.07 Å². The fourth-order valence-electron chi connectivity index (χ4n) is 3.25. The topological polar surface area (TPSA) is 24.5 Å². The van der Waals surface area contributed by atoms with Gasteiger partial charge in [-0.05, 0) is 50.4 Å². The van der Waals surface area contributed by atoms with Crippen LogP contribution in [0.4, 0.5) is 0 Å². The summed E-state index contributed by atoms with van der Waals surface area (Å²) in [6, 6.07) is 5.49. The number of benzene rings is 1. The lowest BCUT2D eigenvalue weighted by Crippen LogP contribution is -2.38. The second kappa shape index (κ2) is 8.60. The highest BCUT2D eigenvalue weighted by atomic mass is 35.5. The van der Waals surface area contributed by atoms with Crippen LogP contribution in [-0.2, 0) is 0 Å². The standard InChI is InChI=1S/C16H22Cl2N2O.ClH/c17-15-4-3-13(8-16(15)18)21-14-5-7-20(11-14)10-12-2-1-6-19-9-12;/h3-4,8,12,14,19H,1-2,5-7,9-11H2;1H. The van der Waals surface area contributed by atoms with Gasteiger partial charge in [-0.1, -0.05) is 23.2 Å². The number of nitrogens with zero attached hydrogens (tertiary/aromatic N) is 1. The van der Waals surface area contributed by atoms with Crippen LogP contribution in [0.25, 0.3) is 0 Å². The highest BCUT2D eigenvalue weighted by molar-refractivity contribution is 6.42. The van der Waals surface area contributed by atoms with E-state index in [4.69, 9.17) is 27.9 Å². The largest absolute Gasteiger partial charge is 0.489 e. The molecule has 2 saturated heterocycles. The monoisotopic (exact) mass is 364 g/mol. The van der Waals surface area contributed by atoms with E-state index in [0.717, 1.165) is 37.7 Å². The summed E-state index contributed by atoms with van der Waals surface area (Å²) in [7, 11) is 0. The van der Waals surface area contributed by atoms with Gasteiger partial charge in [0.1, 0.15) is 11.9 Å². The number of piperidine rings is 1. The number of halogens is 3. The third-order valence-electron chi connectivity index (χ3n) is 4.34. The van der Waals surface area contributed by atoms with Gasteiger partial charge in [0.2, 0.25) is 0 Å². The number of likely N-dealkylation sites (tertiary alicyclic amines) is 1. The number of hydrogen-bond acceptors (Lipinski definition) is 3. The SMILES string of the molecule is Cl.Clc1ccc(OC2CCN(CC3CCCNC3)C2)cc1Cl. The predicted molar refractivity (Wildman–Crippen MR) is 94.8 cm³/mol. The van der Waals surface area contributed by atoms with Crippen molar-refractivity contribution in [2.24, 2.45) is 5.92 Å². The van der Waals surface area contributed by atoms with E-state index in [9.17, 15) is 0 Å². The first kappa shape index (κ1) is 18.2. The van der Waals surface area contributed by atoms with Crippen molar-refractivity contribution < 1.29 is 4.74 Å². The minimum atomic E-state index is 0. The molecule has 6 heteroatoms. The van der Waals surface area contributed by atoms with Gasteiger partial charge in [0.25, 0.3) is 0 Å². The Morgan fingerprint density at radius 2 is 2.09 bits per heavy atom. The summed E-state index contributed by atoms with van der Waals surface area (Å²) in [5, 5.41) is 4.61. The summed E-state index contributed by atoms with van der Waals surface area (Å²) < 4.78 is 6.03. The number of nitrogens with one attached hydrogen (secondary N) is 1. The molecule has 0 spiro atoms. The van der Waals surface area contributed by atoms with Gasteiger partial charge in [0.05, 0.1) is 10.0 Å². The first-order chi connectivity index (χ1) is 10.2. The number of ether oxygens (including phenoxy) is 1. The molecular formula is C16H23Cl3N2O. The molecule has 22 heavy (non-hydrogen) atoms. The fourth-order valence-corrected chi connectivity index (χ4v) is 3.53. The summed E-state index contributed by atoms with van der Waals surface area (Å²) in [4.78, 5) is 2.53. The molecule has 0 amide bonds. The Morgan fingerprint density at radius 3 is 2.82 bits per heavy atom. The van der Waals surface area contributed by atoms with E-state index < -0.39 is 0 Å². The zero-order chi connectivity index (χ0) is 14.7. The molecule has 0 saturated carbocycles. The van der Waals surface area contributed by atoms with Crippen molar-refractivity contribution in [2.45, 2.75) is 25.4 Å². The Kier molecular flexibility index (Phi) is 7.10. The molecule has 2 unspecified atom stereocenters. The van der Waals surface area contributed by atoms with Crippen LogP contribution >= 0.6 is 35.6 Å². The molecule has 2 aliphatic heterocycles. The lowest BCUT2D eigenvalue weighted by atomic mass is 9.99. The van der Waals surface area contributed by atoms with Gasteiger partial charge in [-0.15, -0.1) is 12.4 Å². The molecule has 3 rings (SSSR count). The average molecular weight is 366 g/mol. The summed E-state index contributed by atoms with van der Waals surface area (Å²) in [5.41, 5.74) is 0. The molecule has 0 aromatic heterocycles. The minimum absolute atomic E-state index is 0. The van der Waals surface area contributed by atoms with Crippen molar-refractivity contribution in [3.63, 3.8) is 0 Å². The highest BCUT2D eigenvalue weighted by Crippen LogP contribution is 2.28. The lowest BCUT2D eigenvalue weighted by Gasteiger charge is -2.27. The van der Waals surface area contributed by atoms with Crippen LogP contribution in [-0.4, -0.2) is 43.7 Å². The van der Waals surface area contributed by atoms with Crippen molar-refractivity contribution in [3.8, 4) is 5.75 Å². The van der Waals surface area contributed by atoms with Crippen LogP contribution in [0, 0.1) is 5.92 Å². The molecule has 2 atom stereocenters. The smallest absolute Gasteiger partial charge is 0.121 e. The van der Waals surface area contributed by atoms with E-state index in [1.165, 1.54) is 25.9 Å². The van der Waals surface area contributed by atoms with Gasteiger partial charge < -0.3 is 10.1 Å². The third kappa shape index (κ3) is 4.90. The zero-order valence-corrected chi connectivity index (χ0v) is 14.9. The first-order valence-electron chi connectivity index (χ1n) is 7.75. The molecule has 2 fully saturated rings. The Labute approximate surface area is 148 Å². The Hall–Kier alpha value is -0.190. The Morgan fingerprint density at radius 1 is 1.23 bits per heavy atom. The van der Waals surface area contributed by atoms with Gasteiger partial charge in [-0.2, -0.15) is 0 Å². The molecule has 3 nitrogen and oxygen atoms in total. The van der Waals surface area contributed by atoms with E-state index in [0.29, 0.717) is 10.0 Å². The molecule has 1 N–H and O–H groups in total. The van der Waals surface area contributed by atoms with Crippen LogP contribution in [0.5, 0.6) is 5.75 Å². The summed E-state index contributed by atoms with van der Waals surface area (Å²) in [6.07, 6.45) is 4.00. The summed E-state index contributed by atoms with van der Waals surface area (Å²) >= 11 is 12.0. The van der Waals surface area contributed by atoms with Crippen molar-refractivity contribution in [2.75, 3.05) is 32.7 Å². The lowest BCUT2D eigenvalue weighted by molar-refractivity contribution is 0.185. The van der Waals surface area contributed by atoms with E-state index in [1.54, 1.807) is 12.1 Å². The van der Waals surface area contributed by atoms with Crippen LogP contribution in [0.2, 0.25) is 10.0 Å². The quantitative estimate of drug-likeness (QED) is 0.876. The minimum Gasteiger partial charge on any atom is -0.489 e. The zero-order valence-electron chi connectivity index (χ0n) is 12.6. The van der Waals surface area contributed by atoms with Crippen molar-refractivity contribution in [3.05, 3.63) is 28.2 Å². The molecular weight excluding hydrogens is 343 g/mol. The van der Waals surface area contributed by atoms with Crippen LogP contribution in [0.1, 0.15) is 19.3 Å². The molecule has 0 aliphatic carbocycles. The highest BCUT2D eigenvalue weighted by Gasteiger charge is 2.26. The van der Waals surface area contributed by atoms with Crippen molar-refractivity contribution in [1.82, 2.24) is 10.2 Å². The molecule has 124 valence electrons. The maximum atomic E-state index is 6.03. The van der Waals surface area contributed by atoms with Crippen molar-refractivity contribution in [1.29, 1.82) is 0 Å². The third-order valence-corrected chi connectivity index (χ3v) is 5.08. The normalized spacial score (nSPS) is 25.7. The van der Waals surface area contributed by atoms with E-state index >= 15 is 0 Å². The summed E-state index contributed by atoms with van der Waals surface area (Å²) in [5.74, 6) is 1.61. The van der Waals surface area contributed by atoms with Crippen LogP contribution in [0.3, 0.4) is 0 Å². The molecule has 1 aromatic rings. The van der Waals surface area contributed by atoms with Gasteiger partial charge in [0.15, 0.2) is 0 Å². The second-order valence-corrected chi connectivity index (χ2v) is 6.89. The number of rotatable bonds is 4. The summed E-state index contributed by atoms with van der Waals surface area (Å²) in [6.45, 7) is 5.67. The number of hydrogen-bond donors (Lipinski definition) is 1. The van der Waals surface area contributed by atoms with Gasteiger partial charge in [0, 0.05) is 25.7 Å². The maximum Gasteiger partial charge on any atom is 0.121 e. The predicted octanol–water partition coefficient (Wildman–Crippen LogP) is 3.87. The van der Waals surface area contributed by atoms with Gasteiger partial charge in [-0.3, -0.25) is 4.90 Å². The van der Waals surface area contributed by atoms with E-state index in [2.05, 4.69) is 10.2 Å². The van der Waals surface area contributed by atoms with Crippen LogP contribution < -0.4 is 10.1 Å². The molecule has 2 aliphatic rings. The maximum absolute atomic E-state index is 6.03. The Bertz CT molecular complexity index is 480. The second-order valence-electron chi connectivity index (χ2n) is 6.08. The molecule has 0 radical (unpaired) electrons. The first-order valence-corrected chi connectivity index (χ1v) is 8.51. The fraction of sp³-hybridized carbons (Fsp3) is 0.625. The van der Waals surface area contributed by atoms with E-state index in [-0.39, 0.29) is 18.5 Å². The Balaban J connectivity index is 0.00000176.